The summed E-state index contributed by atoms with van der Waals surface area (Å²) in [7, 11) is 1.64. The van der Waals surface area contributed by atoms with E-state index in [0.717, 1.165) is 12.0 Å². The first-order valence-corrected chi connectivity index (χ1v) is 6.18. The highest BCUT2D eigenvalue weighted by Gasteiger charge is 2.05. The van der Waals surface area contributed by atoms with Gasteiger partial charge in [-0.1, -0.05) is 24.4 Å². The number of ether oxygens (including phenoxy) is 1. The molecule has 5 heteroatoms. The van der Waals surface area contributed by atoms with Gasteiger partial charge in [0.15, 0.2) is 0 Å². The van der Waals surface area contributed by atoms with Gasteiger partial charge in [0.2, 0.25) is 0 Å². The maximum absolute atomic E-state index is 11.8. The van der Waals surface area contributed by atoms with Crippen LogP contribution < -0.4 is 11.1 Å². The number of amides is 1. The lowest BCUT2D eigenvalue weighted by Gasteiger charge is -2.06. The van der Waals surface area contributed by atoms with Crippen molar-refractivity contribution < 1.29 is 9.53 Å². The van der Waals surface area contributed by atoms with E-state index in [1.807, 2.05) is 18.2 Å². The van der Waals surface area contributed by atoms with Gasteiger partial charge < -0.3 is 15.8 Å². The summed E-state index contributed by atoms with van der Waals surface area (Å²) in [5, 5.41) is 2.83. The molecule has 0 aliphatic heterocycles. The Morgan fingerprint density at radius 1 is 1.50 bits per heavy atom. The second kappa shape index (κ2) is 7.79. The Balaban J connectivity index is 2.54. The molecule has 98 valence electrons. The van der Waals surface area contributed by atoms with Gasteiger partial charge in [-0.25, -0.2) is 0 Å². The third kappa shape index (κ3) is 5.25. The number of nitrogens with one attached hydrogen (secondary N) is 1. The van der Waals surface area contributed by atoms with Crippen molar-refractivity contribution in [2.24, 2.45) is 5.73 Å². The first kappa shape index (κ1) is 14.6. The van der Waals surface area contributed by atoms with Crippen molar-refractivity contribution >= 4 is 23.1 Å². The van der Waals surface area contributed by atoms with Crippen molar-refractivity contribution in [1.29, 1.82) is 0 Å². The average Bonchev–Trinajstić information content (AvgIpc) is 2.34. The van der Waals surface area contributed by atoms with Crippen LogP contribution in [-0.2, 0) is 11.2 Å². The van der Waals surface area contributed by atoms with Gasteiger partial charge in [-0.3, -0.25) is 4.79 Å². The molecule has 1 amide bonds. The Labute approximate surface area is 113 Å². The van der Waals surface area contributed by atoms with Crippen LogP contribution in [0.3, 0.4) is 0 Å². The van der Waals surface area contributed by atoms with Crippen LogP contribution in [-0.4, -0.2) is 31.2 Å². The molecule has 1 aromatic carbocycles. The molecular weight excluding hydrogens is 248 g/mol. The van der Waals surface area contributed by atoms with E-state index >= 15 is 0 Å². The van der Waals surface area contributed by atoms with Crippen LogP contribution in [0.5, 0.6) is 0 Å². The molecule has 0 fully saturated rings. The van der Waals surface area contributed by atoms with E-state index in [0.29, 0.717) is 30.1 Å². The topological polar surface area (TPSA) is 64.3 Å². The van der Waals surface area contributed by atoms with Gasteiger partial charge in [-0.05, 0) is 24.1 Å². The number of thiocarbonyl (C=S) groups is 1. The zero-order valence-electron chi connectivity index (χ0n) is 10.4. The lowest BCUT2D eigenvalue weighted by atomic mass is 10.1. The molecule has 0 radical (unpaired) electrons. The normalized spacial score (nSPS) is 10.1. The number of carbonyl (C=O) groups excluding carboxylic acids is 1. The number of methoxy groups -OCH3 is 1. The fraction of sp³-hybridized carbons (Fsp3) is 0.385. The van der Waals surface area contributed by atoms with E-state index in [4.69, 9.17) is 22.7 Å². The molecule has 0 aromatic heterocycles. The first-order valence-electron chi connectivity index (χ1n) is 5.78. The van der Waals surface area contributed by atoms with E-state index in [1.54, 1.807) is 13.2 Å². The molecule has 18 heavy (non-hydrogen) atoms. The highest BCUT2D eigenvalue weighted by atomic mass is 32.1. The van der Waals surface area contributed by atoms with Crippen molar-refractivity contribution in [3.63, 3.8) is 0 Å². The van der Waals surface area contributed by atoms with E-state index in [2.05, 4.69) is 5.32 Å². The maximum atomic E-state index is 11.8. The molecule has 0 spiro atoms. The average molecular weight is 266 g/mol. The van der Waals surface area contributed by atoms with Gasteiger partial charge in [0.25, 0.3) is 5.91 Å². The molecule has 0 atom stereocenters. The van der Waals surface area contributed by atoms with Gasteiger partial charge >= 0.3 is 0 Å². The second-order valence-electron chi connectivity index (χ2n) is 3.95. The zero-order chi connectivity index (χ0) is 13.4. The predicted octanol–water partition coefficient (Wildman–Crippen LogP) is 1.28. The van der Waals surface area contributed by atoms with Gasteiger partial charge in [-0.2, -0.15) is 0 Å². The molecule has 1 rings (SSSR count). The maximum Gasteiger partial charge on any atom is 0.251 e. The molecule has 1 aromatic rings. The van der Waals surface area contributed by atoms with Gasteiger partial charge in [0.05, 0.1) is 4.99 Å². The standard InChI is InChI=1S/C13H18N2O2S/c1-17-7-3-6-15-13(16)11-5-2-4-10(8-11)9-12(14)18/h2,4-5,8H,3,6-7,9H2,1H3,(H2,14,18)(H,15,16). The Morgan fingerprint density at radius 3 is 2.94 bits per heavy atom. The molecular formula is C13H18N2O2S. The van der Waals surface area contributed by atoms with Crippen LogP contribution in [0.1, 0.15) is 22.3 Å². The smallest absolute Gasteiger partial charge is 0.251 e. The monoisotopic (exact) mass is 266 g/mol. The molecule has 0 aliphatic rings. The highest BCUT2D eigenvalue weighted by Crippen LogP contribution is 2.06. The summed E-state index contributed by atoms with van der Waals surface area (Å²) in [6, 6.07) is 7.32. The number of rotatable bonds is 7. The lowest BCUT2D eigenvalue weighted by molar-refractivity contribution is 0.0948. The van der Waals surface area contributed by atoms with Crippen LogP contribution in [0, 0.1) is 0 Å². The minimum atomic E-state index is -0.0871. The Hall–Kier alpha value is -1.46. The fourth-order valence-corrected chi connectivity index (χ4v) is 1.71. The Kier molecular flexibility index (Phi) is 6.32. The van der Waals surface area contributed by atoms with Crippen LogP contribution in [0.4, 0.5) is 0 Å². The fourth-order valence-electron chi connectivity index (χ4n) is 1.54. The molecule has 0 unspecified atom stereocenters. The largest absolute Gasteiger partial charge is 0.393 e. The summed E-state index contributed by atoms with van der Waals surface area (Å²) in [6.07, 6.45) is 1.31. The van der Waals surface area contributed by atoms with E-state index in [9.17, 15) is 4.79 Å². The van der Waals surface area contributed by atoms with Crippen molar-refractivity contribution in [2.75, 3.05) is 20.3 Å². The molecule has 0 aliphatic carbocycles. The van der Waals surface area contributed by atoms with Crippen molar-refractivity contribution in [3.8, 4) is 0 Å². The van der Waals surface area contributed by atoms with Gasteiger partial charge in [0.1, 0.15) is 0 Å². The Bertz CT molecular complexity index is 421. The van der Waals surface area contributed by atoms with Crippen LogP contribution in [0.25, 0.3) is 0 Å². The van der Waals surface area contributed by atoms with Crippen molar-refractivity contribution in [1.82, 2.24) is 5.32 Å². The van der Waals surface area contributed by atoms with E-state index in [-0.39, 0.29) is 5.91 Å². The molecule has 0 heterocycles. The zero-order valence-corrected chi connectivity index (χ0v) is 11.3. The molecule has 0 saturated heterocycles. The summed E-state index contributed by atoms with van der Waals surface area (Å²) in [5.41, 5.74) is 7.06. The number of carbonyl (C=O) groups is 1. The van der Waals surface area contributed by atoms with E-state index < -0.39 is 0 Å². The van der Waals surface area contributed by atoms with Crippen LogP contribution >= 0.6 is 12.2 Å². The minimum absolute atomic E-state index is 0.0871. The number of benzene rings is 1. The summed E-state index contributed by atoms with van der Waals surface area (Å²) in [5.74, 6) is -0.0871. The number of nitrogens with two attached hydrogens (primary N) is 1. The van der Waals surface area contributed by atoms with Gasteiger partial charge in [-0.15, -0.1) is 0 Å². The predicted molar refractivity (Wildman–Crippen MR) is 75.8 cm³/mol. The quantitative estimate of drug-likeness (QED) is 0.576. The molecule has 0 bridgehead atoms. The summed E-state index contributed by atoms with van der Waals surface area (Å²) in [6.45, 7) is 1.24. The lowest BCUT2D eigenvalue weighted by Crippen LogP contribution is -2.25. The summed E-state index contributed by atoms with van der Waals surface area (Å²) in [4.78, 5) is 12.3. The summed E-state index contributed by atoms with van der Waals surface area (Å²) < 4.78 is 4.91. The van der Waals surface area contributed by atoms with Crippen molar-refractivity contribution in [2.45, 2.75) is 12.8 Å². The molecule has 0 saturated carbocycles. The molecule has 4 nitrogen and oxygen atoms in total. The summed E-state index contributed by atoms with van der Waals surface area (Å²) >= 11 is 4.85. The minimum Gasteiger partial charge on any atom is -0.393 e. The first-order chi connectivity index (χ1) is 8.63. The van der Waals surface area contributed by atoms with Gasteiger partial charge in [0, 0.05) is 32.2 Å². The van der Waals surface area contributed by atoms with Crippen LogP contribution in [0.15, 0.2) is 24.3 Å². The third-order valence-electron chi connectivity index (χ3n) is 2.38. The number of hydrogen-bond acceptors (Lipinski definition) is 3. The van der Waals surface area contributed by atoms with Crippen molar-refractivity contribution in [3.05, 3.63) is 35.4 Å². The third-order valence-corrected chi connectivity index (χ3v) is 2.52. The number of hydrogen-bond donors (Lipinski definition) is 2. The second-order valence-corrected chi connectivity index (χ2v) is 4.47. The molecule has 3 N–H and O–H groups in total. The highest BCUT2D eigenvalue weighted by molar-refractivity contribution is 7.80. The SMILES string of the molecule is COCCCNC(=O)c1cccc(CC(N)=S)c1. The Morgan fingerprint density at radius 2 is 2.28 bits per heavy atom. The van der Waals surface area contributed by atoms with E-state index in [1.165, 1.54) is 0 Å². The van der Waals surface area contributed by atoms with Crippen LogP contribution in [0.2, 0.25) is 0 Å².